The van der Waals surface area contributed by atoms with Crippen molar-refractivity contribution in [2.45, 2.75) is 12.2 Å². The Morgan fingerprint density at radius 1 is 1.12 bits per heavy atom. The number of alkyl halides is 3. The minimum atomic E-state index is -4.68. The third-order valence-corrected chi connectivity index (χ3v) is 5.00. The fourth-order valence-electron chi connectivity index (χ4n) is 3.00. The number of hydrogen-bond donors (Lipinski definition) is 2. The predicted molar refractivity (Wildman–Crippen MR) is 98.2 cm³/mol. The van der Waals surface area contributed by atoms with Crippen LogP contribution in [0.5, 0.6) is 5.75 Å². The molecule has 1 saturated heterocycles. The van der Waals surface area contributed by atoms with Crippen molar-refractivity contribution in [1.82, 2.24) is 10.2 Å². The lowest BCUT2D eigenvalue weighted by Crippen LogP contribution is -2.45. The molecule has 2 heterocycles. The zero-order chi connectivity index (χ0) is 17.3. The quantitative estimate of drug-likeness (QED) is 0.703. The monoisotopic (exact) mass is 432 g/mol. The van der Waals surface area contributed by atoms with Crippen molar-refractivity contribution in [2.24, 2.45) is 0 Å². The van der Waals surface area contributed by atoms with Crippen molar-refractivity contribution in [2.75, 3.05) is 26.2 Å². The van der Waals surface area contributed by atoms with Gasteiger partial charge in [0.1, 0.15) is 0 Å². The number of benzene rings is 1. The Kier molecular flexibility index (Phi) is 8.16. The Hall–Kier alpha value is -1.06. The third kappa shape index (κ3) is 4.61. The van der Waals surface area contributed by atoms with E-state index >= 15 is 0 Å². The Labute approximate surface area is 164 Å². The van der Waals surface area contributed by atoms with E-state index in [2.05, 4.69) is 5.32 Å². The first-order chi connectivity index (χ1) is 11.4. The molecule has 3 nitrogen and oxygen atoms in total. The highest BCUT2D eigenvalue weighted by molar-refractivity contribution is 7.10. The molecule has 2 aromatic rings. The summed E-state index contributed by atoms with van der Waals surface area (Å²) in [5.74, 6) is -1.98. The number of halogens is 6. The van der Waals surface area contributed by atoms with Crippen molar-refractivity contribution in [3.63, 3.8) is 0 Å². The average Bonchev–Trinajstić information content (AvgIpc) is 3.06. The standard InChI is InChI=1S/C16H16F4N2OS.2ClH/c17-11-4-3-10(16(18,19)20)13(15(11)23)14(12-2-1-9-24-12)22-7-5-21-6-8-22;;/h1-4,9,14,21,23H,5-8H2;2*1H/t14-;;/m0../s1. The van der Waals surface area contributed by atoms with Gasteiger partial charge in [0.15, 0.2) is 11.6 Å². The molecule has 0 radical (unpaired) electrons. The maximum Gasteiger partial charge on any atom is 0.416 e. The van der Waals surface area contributed by atoms with Crippen LogP contribution in [0.4, 0.5) is 17.6 Å². The fraction of sp³-hybridized carbons (Fsp3) is 0.375. The number of piperazine rings is 1. The van der Waals surface area contributed by atoms with Gasteiger partial charge in [-0.25, -0.2) is 4.39 Å². The highest BCUT2D eigenvalue weighted by Crippen LogP contribution is 2.45. The lowest BCUT2D eigenvalue weighted by atomic mass is 9.95. The molecule has 3 rings (SSSR count). The molecule has 26 heavy (non-hydrogen) atoms. The molecule has 10 heteroatoms. The number of thiophene rings is 1. The van der Waals surface area contributed by atoms with Gasteiger partial charge in [-0.05, 0) is 23.6 Å². The molecule has 146 valence electrons. The highest BCUT2D eigenvalue weighted by Gasteiger charge is 2.40. The molecule has 1 fully saturated rings. The van der Waals surface area contributed by atoms with E-state index in [1.807, 2.05) is 4.90 Å². The second kappa shape index (κ2) is 9.23. The SMILES string of the molecule is Cl.Cl.Oc1c(F)ccc(C(F)(F)F)c1[C@H](c1cccs1)N1CCNCC1. The Morgan fingerprint density at radius 2 is 1.77 bits per heavy atom. The first kappa shape index (κ1) is 23.0. The molecule has 1 aromatic heterocycles. The fourth-order valence-corrected chi connectivity index (χ4v) is 3.86. The molecule has 2 N–H and O–H groups in total. The van der Waals surface area contributed by atoms with Crippen LogP contribution in [-0.2, 0) is 6.18 Å². The van der Waals surface area contributed by atoms with E-state index in [4.69, 9.17) is 0 Å². The maximum atomic E-state index is 13.9. The summed E-state index contributed by atoms with van der Waals surface area (Å²) in [6.45, 7) is 2.27. The van der Waals surface area contributed by atoms with Gasteiger partial charge in [-0.15, -0.1) is 36.2 Å². The summed E-state index contributed by atoms with van der Waals surface area (Å²) >= 11 is 1.29. The maximum absolute atomic E-state index is 13.9. The summed E-state index contributed by atoms with van der Waals surface area (Å²) in [7, 11) is 0. The second-order valence-electron chi connectivity index (χ2n) is 5.56. The zero-order valence-electron chi connectivity index (χ0n) is 13.4. The molecule has 1 atom stereocenters. The van der Waals surface area contributed by atoms with Gasteiger partial charge in [-0.1, -0.05) is 6.07 Å². The number of nitrogens with zero attached hydrogens (tertiary/aromatic N) is 1. The summed E-state index contributed by atoms with van der Waals surface area (Å²) in [5.41, 5.74) is -1.41. The van der Waals surface area contributed by atoms with Crippen LogP contribution >= 0.6 is 36.2 Å². The Bertz CT molecular complexity index is 707. The van der Waals surface area contributed by atoms with Crippen LogP contribution in [0.25, 0.3) is 0 Å². The lowest BCUT2D eigenvalue weighted by molar-refractivity contribution is -0.138. The molecule has 1 aliphatic rings. The summed E-state index contributed by atoms with van der Waals surface area (Å²) in [4.78, 5) is 2.48. The third-order valence-electron chi connectivity index (χ3n) is 4.08. The van der Waals surface area contributed by atoms with E-state index in [0.717, 1.165) is 0 Å². The van der Waals surface area contributed by atoms with E-state index in [-0.39, 0.29) is 24.8 Å². The van der Waals surface area contributed by atoms with Crippen LogP contribution in [0.2, 0.25) is 0 Å². The molecule has 0 aliphatic carbocycles. The number of hydrogen-bond acceptors (Lipinski definition) is 4. The van der Waals surface area contributed by atoms with Crippen molar-refractivity contribution in [1.29, 1.82) is 0 Å². The summed E-state index contributed by atoms with van der Waals surface area (Å²) in [6, 6.07) is 3.97. The number of phenolic OH excluding ortho intramolecular Hbond substituents is 1. The van der Waals surface area contributed by atoms with E-state index in [9.17, 15) is 22.7 Å². The lowest BCUT2D eigenvalue weighted by Gasteiger charge is -2.36. The van der Waals surface area contributed by atoms with Crippen molar-refractivity contribution < 1.29 is 22.7 Å². The molecular formula is C16H18Cl2F4N2OS. The summed E-state index contributed by atoms with van der Waals surface area (Å²) in [5, 5.41) is 15.0. The van der Waals surface area contributed by atoms with Crippen LogP contribution in [0, 0.1) is 5.82 Å². The molecular weight excluding hydrogens is 415 g/mol. The minimum Gasteiger partial charge on any atom is -0.505 e. The van der Waals surface area contributed by atoms with E-state index < -0.39 is 34.9 Å². The van der Waals surface area contributed by atoms with Crippen molar-refractivity contribution >= 4 is 36.2 Å². The van der Waals surface area contributed by atoms with Crippen molar-refractivity contribution in [3.8, 4) is 5.75 Å². The first-order valence-electron chi connectivity index (χ1n) is 7.46. The number of rotatable bonds is 3. The smallest absolute Gasteiger partial charge is 0.416 e. The largest absolute Gasteiger partial charge is 0.505 e. The van der Waals surface area contributed by atoms with Crippen LogP contribution < -0.4 is 5.32 Å². The van der Waals surface area contributed by atoms with E-state index in [1.165, 1.54) is 11.3 Å². The van der Waals surface area contributed by atoms with Gasteiger partial charge in [-0.2, -0.15) is 13.2 Å². The molecule has 0 amide bonds. The van der Waals surface area contributed by atoms with Crippen molar-refractivity contribution in [3.05, 3.63) is 51.5 Å². The Balaban J connectivity index is 0.00000169. The average molecular weight is 433 g/mol. The number of nitrogens with one attached hydrogen (secondary N) is 1. The normalized spacial score (nSPS) is 16.5. The molecule has 0 spiro atoms. The van der Waals surface area contributed by atoms with Gasteiger partial charge in [-0.3, -0.25) is 4.90 Å². The number of aromatic hydroxyl groups is 1. The molecule has 0 bridgehead atoms. The van der Waals surface area contributed by atoms with E-state index in [0.29, 0.717) is 43.2 Å². The summed E-state index contributed by atoms with van der Waals surface area (Å²) < 4.78 is 54.3. The summed E-state index contributed by atoms with van der Waals surface area (Å²) in [6.07, 6.45) is -4.68. The molecule has 1 aliphatic heterocycles. The first-order valence-corrected chi connectivity index (χ1v) is 8.34. The number of phenols is 1. The van der Waals surface area contributed by atoms with Gasteiger partial charge in [0, 0.05) is 36.6 Å². The molecule has 0 unspecified atom stereocenters. The van der Waals surface area contributed by atoms with E-state index in [1.54, 1.807) is 17.5 Å². The highest BCUT2D eigenvalue weighted by atomic mass is 35.5. The van der Waals surface area contributed by atoms with Gasteiger partial charge in [0.2, 0.25) is 0 Å². The molecule has 0 saturated carbocycles. The molecule has 1 aromatic carbocycles. The van der Waals surface area contributed by atoms with Gasteiger partial charge < -0.3 is 10.4 Å². The van der Waals surface area contributed by atoms with Gasteiger partial charge >= 0.3 is 6.18 Å². The predicted octanol–water partition coefficient (Wildman–Crippen LogP) is 4.45. The van der Waals surface area contributed by atoms with Gasteiger partial charge in [0.05, 0.1) is 11.6 Å². The zero-order valence-corrected chi connectivity index (χ0v) is 15.9. The van der Waals surface area contributed by atoms with Gasteiger partial charge in [0.25, 0.3) is 0 Å². The van der Waals surface area contributed by atoms with Crippen LogP contribution in [0.3, 0.4) is 0 Å². The van der Waals surface area contributed by atoms with Crippen LogP contribution in [0.1, 0.15) is 22.0 Å². The second-order valence-corrected chi connectivity index (χ2v) is 6.54. The Morgan fingerprint density at radius 3 is 2.31 bits per heavy atom. The van der Waals surface area contributed by atoms with Crippen LogP contribution in [0.15, 0.2) is 29.6 Å². The topological polar surface area (TPSA) is 35.5 Å². The van der Waals surface area contributed by atoms with Crippen LogP contribution in [-0.4, -0.2) is 36.2 Å². The minimum absolute atomic E-state index is 0.